The second-order valence-electron chi connectivity index (χ2n) is 4.67. The second-order valence-corrected chi connectivity index (χ2v) is 4.67. The lowest BCUT2D eigenvalue weighted by molar-refractivity contribution is 0.236. The van der Waals surface area contributed by atoms with E-state index < -0.39 is 0 Å². The van der Waals surface area contributed by atoms with Crippen LogP contribution in [0.2, 0.25) is 0 Å². The average Bonchev–Trinajstić information content (AvgIpc) is 2.57. The molecule has 0 bridgehead atoms. The zero-order valence-electron chi connectivity index (χ0n) is 10.0. The van der Waals surface area contributed by atoms with Crippen molar-refractivity contribution in [2.45, 2.75) is 26.2 Å². The summed E-state index contributed by atoms with van der Waals surface area (Å²) in [6, 6.07) is 8.32. The van der Waals surface area contributed by atoms with E-state index in [-0.39, 0.29) is 0 Å². The molecular formula is C14H21NO. The second kappa shape index (κ2) is 5.90. The van der Waals surface area contributed by atoms with E-state index >= 15 is 0 Å². The lowest BCUT2D eigenvalue weighted by Crippen LogP contribution is -2.16. The molecule has 1 atom stereocenters. The molecule has 2 heteroatoms. The molecule has 1 unspecified atom stereocenters. The Morgan fingerprint density at radius 2 is 2.00 bits per heavy atom. The molecule has 1 aliphatic heterocycles. The van der Waals surface area contributed by atoms with Gasteiger partial charge in [0.25, 0.3) is 0 Å². The van der Waals surface area contributed by atoms with E-state index in [0.717, 1.165) is 24.8 Å². The Morgan fingerprint density at radius 3 is 2.81 bits per heavy atom. The van der Waals surface area contributed by atoms with Gasteiger partial charge in [0.15, 0.2) is 0 Å². The van der Waals surface area contributed by atoms with Gasteiger partial charge in [-0.25, -0.2) is 0 Å². The number of benzene rings is 1. The zero-order chi connectivity index (χ0) is 11.2. The number of hydrogen-bond acceptors (Lipinski definition) is 2. The van der Waals surface area contributed by atoms with Gasteiger partial charge in [0.05, 0.1) is 6.61 Å². The first-order chi connectivity index (χ1) is 7.84. The highest BCUT2D eigenvalue weighted by molar-refractivity contribution is 5.26. The molecule has 0 amide bonds. The van der Waals surface area contributed by atoms with Crippen molar-refractivity contribution < 1.29 is 4.74 Å². The molecule has 1 aromatic carbocycles. The molecule has 1 aliphatic rings. The Balaban J connectivity index is 1.79. The maximum absolute atomic E-state index is 5.83. The first-order valence-corrected chi connectivity index (χ1v) is 6.25. The van der Waals surface area contributed by atoms with E-state index in [0.29, 0.717) is 0 Å². The molecule has 1 aromatic rings. The smallest absolute Gasteiger partial charge is 0.119 e. The van der Waals surface area contributed by atoms with E-state index in [1.54, 1.807) is 0 Å². The molecule has 1 fully saturated rings. The minimum atomic E-state index is 0.719. The van der Waals surface area contributed by atoms with Crippen LogP contribution in [0, 0.1) is 12.8 Å². The zero-order valence-corrected chi connectivity index (χ0v) is 10.0. The van der Waals surface area contributed by atoms with E-state index in [4.69, 9.17) is 4.74 Å². The Kier molecular flexibility index (Phi) is 4.23. The molecular weight excluding hydrogens is 198 g/mol. The first kappa shape index (κ1) is 11.5. The summed E-state index contributed by atoms with van der Waals surface area (Å²) in [4.78, 5) is 0. The lowest BCUT2D eigenvalue weighted by Gasteiger charge is -2.14. The van der Waals surface area contributed by atoms with Crippen LogP contribution in [0.15, 0.2) is 24.3 Å². The quantitative estimate of drug-likeness (QED) is 0.844. The van der Waals surface area contributed by atoms with Crippen molar-refractivity contribution in [1.82, 2.24) is 5.32 Å². The fourth-order valence-corrected chi connectivity index (χ4v) is 2.11. The summed E-state index contributed by atoms with van der Waals surface area (Å²) in [6.07, 6.45) is 3.81. The molecule has 88 valence electrons. The van der Waals surface area contributed by atoms with Crippen molar-refractivity contribution in [2.75, 3.05) is 19.7 Å². The molecule has 2 nitrogen and oxygen atoms in total. The third kappa shape index (κ3) is 3.53. The topological polar surface area (TPSA) is 21.3 Å². The third-order valence-electron chi connectivity index (χ3n) is 3.20. The summed E-state index contributed by atoms with van der Waals surface area (Å²) < 4.78 is 5.83. The molecule has 0 aromatic heterocycles. The molecule has 2 rings (SSSR count). The predicted molar refractivity (Wildman–Crippen MR) is 66.9 cm³/mol. The van der Waals surface area contributed by atoms with E-state index in [9.17, 15) is 0 Å². The van der Waals surface area contributed by atoms with Gasteiger partial charge in [-0.1, -0.05) is 17.7 Å². The number of hydrogen-bond donors (Lipinski definition) is 1. The summed E-state index contributed by atoms with van der Waals surface area (Å²) in [5.74, 6) is 1.72. The predicted octanol–water partition coefficient (Wildman–Crippen LogP) is 2.76. The summed E-state index contributed by atoms with van der Waals surface area (Å²) in [6.45, 7) is 5.27. The van der Waals surface area contributed by atoms with Crippen LogP contribution < -0.4 is 10.1 Å². The van der Waals surface area contributed by atoms with Crippen molar-refractivity contribution in [3.05, 3.63) is 29.8 Å². The average molecular weight is 219 g/mol. The first-order valence-electron chi connectivity index (χ1n) is 6.25. The van der Waals surface area contributed by atoms with Crippen LogP contribution in [0.4, 0.5) is 0 Å². The molecule has 1 heterocycles. The third-order valence-corrected chi connectivity index (χ3v) is 3.20. The van der Waals surface area contributed by atoms with Gasteiger partial charge in [-0.3, -0.25) is 0 Å². The Bertz CT molecular complexity index is 299. The molecule has 0 radical (unpaired) electrons. The van der Waals surface area contributed by atoms with E-state index in [1.165, 1.54) is 31.4 Å². The van der Waals surface area contributed by atoms with Crippen molar-refractivity contribution in [1.29, 1.82) is 0 Å². The minimum Gasteiger partial charge on any atom is -0.493 e. The van der Waals surface area contributed by atoms with Gasteiger partial charge in [-0.2, -0.15) is 0 Å². The monoisotopic (exact) mass is 219 g/mol. The Labute approximate surface area is 98.0 Å². The normalized spacial score (nSPS) is 21.4. The van der Waals surface area contributed by atoms with Crippen molar-refractivity contribution in [3.8, 4) is 5.75 Å². The SMILES string of the molecule is Cc1ccc(OCC2CCCNCC2)cc1. The fraction of sp³-hybridized carbons (Fsp3) is 0.571. The number of aryl methyl sites for hydroxylation is 1. The van der Waals surface area contributed by atoms with Gasteiger partial charge in [0.1, 0.15) is 5.75 Å². The van der Waals surface area contributed by atoms with Crippen LogP contribution in [0.25, 0.3) is 0 Å². The lowest BCUT2D eigenvalue weighted by atomic mass is 10.0. The number of ether oxygens (including phenoxy) is 1. The van der Waals surface area contributed by atoms with Crippen molar-refractivity contribution in [2.24, 2.45) is 5.92 Å². The fourth-order valence-electron chi connectivity index (χ4n) is 2.11. The summed E-state index contributed by atoms with van der Waals surface area (Å²) in [5, 5.41) is 3.43. The molecule has 1 N–H and O–H groups in total. The largest absolute Gasteiger partial charge is 0.493 e. The van der Waals surface area contributed by atoms with Crippen LogP contribution in [-0.2, 0) is 0 Å². The summed E-state index contributed by atoms with van der Waals surface area (Å²) in [5.41, 5.74) is 1.28. The van der Waals surface area contributed by atoms with E-state index in [2.05, 4.69) is 36.5 Å². The summed E-state index contributed by atoms with van der Waals surface area (Å²) >= 11 is 0. The Hall–Kier alpha value is -1.02. The van der Waals surface area contributed by atoms with Crippen LogP contribution in [-0.4, -0.2) is 19.7 Å². The van der Waals surface area contributed by atoms with Gasteiger partial charge in [-0.15, -0.1) is 0 Å². The van der Waals surface area contributed by atoms with Crippen molar-refractivity contribution in [3.63, 3.8) is 0 Å². The van der Waals surface area contributed by atoms with E-state index in [1.807, 2.05) is 0 Å². The minimum absolute atomic E-state index is 0.719. The molecule has 1 saturated heterocycles. The van der Waals surface area contributed by atoms with Gasteiger partial charge >= 0.3 is 0 Å². The Morgan fingerprint density at radius 1 is 1.19 bits per heavy atom. The van der Waals surface area contributed by atoms with Gasteiger partial charge in [0.2, 0.25) is 0 Å². The molecule has 0 saturated carbocycles. The summed E-state index contributed by atoms with van der Waals surface area (Å²) in [7, 11) is 0. The van der Waals surface area contributed by atoms with Crippen LogP contribution in [0.5, 0.6) is 5.75 Å². The van der Waals surface area contributed by atoms with Gasteiger partial charge in [-0.05, 0) is 57.3 Å². The number of nitrogens with one attached hydrogen (secondary N) is 1. The van der Waals surface area contributed by atoms with Crippen molar-refractivity contribution >= 4 is 0 Å². The molecule has 16 heavy (non-hydrogen) atoms. The van der Waals surface area contributed by atoms with Gasteiger partial charge in [0, 0.05) is 0 Å². The standard InChI is InChI=1S/C14H21NO/c1-12-4-6-14(7-5-12)16-11-13-3-2-9-15-10-8-13/h4-7,13,15H,2-3,8-11H2,1H3. The van der Waals surface area contributed by atoms with Crippen LogP contribution in [0.1, 0.15) is 24.8 Å². The maximum Gasteiger partial charge on any atom is 0.119 e. The number of rotatable bonds is 3. The maximum atomic E-state index is 5.83. The highest BCUT2D eigenvalue weighted by atomic mass is 16.5. The van der Waals surface area contributed by atoms with Gasteiger partial charge < -0.3 is 10.1 Å². The van der Waals surface area contributed by atoms with Crippen LogP contribution >= 0.6 is 0 Å². The highest BCUT2D eigenvalue weighted by Gasteiger charge is 2.12. The highest BCUT2D eigenvalue weighted by Crippen LogP contribution is 2.17. The molecule has 0 spiro atoms. The van der Waals surface area contributed by atoms with Crippen LogP contribution in [0.3, 0.4) is 0 Å². The molecule has 0 aliphatic carbocycles.